The monoisotopic (exact) mass is 375 g/mol. The molecule has 4 rings (SSSR count). The quantitative estimate of drug-likeness (QED) is 0.627. The molecular formula is C23H25N3O2. The minimum Gasteiger partial charge on any atom is -0.464 e. The Morgan fingerprint density at radius 1 is 1.14 bits per heavy atom. The number of nitrogens with zero attached hydrogens (tertiary/aromatic N) is 3. The van der Waals surface area contributed by atoms with Gasteiger partial charge in [0.2, 0.25) is 5.95 Å². The number of hydrogen-bond acceptors (Lipinski definition) is 5. The molecule has 1 aromatic heterocycles. The fourth-order valence-corrected chi connectivity index (χ4v) is 3.83. The van der Waals surface area contributed by atoms with E-state index in [0.717, 1.165) is 48.0 Å². The van der Waals surface area contributed by atoms with Crippen LogP contribution in [-0.2, 0) is 9.53 Å². The maximum atomic E-state index is 12.5. The van der Waals surface area contributed by atoms with Gasteiger partial charge in [0.25, 0.3) is 0 Å². The molecule has 0 N–H and O–H groups in total. The lowest BCUT2D eigenvalue weighted by Gasteiger charge is -2.34. The zero-order valence-electron chi connectivity index (χ0n) is 16.4. The minimum atomic E-state index is -0.319. The highest BCUT2D eigenvalue weighted by molar-refractivity contribution is 5.94. The molecule has 5 heteroatoms. The third kappa shape index (κ3) is 3.57. The van der Waals surface area contributed by atoms with E-state index in [4.69, 9.17) is 14.7 Å². The first-order chi connectivity index (χ1) is 13.7. The van der Waals surface area contributed by atoms with Crippen LogP contribution in [0.1, 0.15) is 31.7 Å². The second-order valence-corrected chi connectivity index (χ2v) is 7.22. The Hall–Kier alpha value is -2.95. The lowest BCUT2D eigenvalue weighted by molar-refractivity contribution is -0.145. The van der Waals surface area contributed by atoms with Gasteiger partial charge in [-0.3, -0.25) is 0 Å². The second-order valence-electron chi connectivity index (χ2n) is 7.22. The zero-order valence-corrected chi connectivity index (χ0v) is 16.4. The molecule has 1 aliphatic heterocycles. The smallest absolute Gasteiger partial charge is 0.328 e. The summed E-state index contributed by atoms with van der Waals surface area (Å²) in [5, 5.41) is 1.03. The molecule has 144 valence electrons. The van der Waals surface area contributed by atoms with Crippen LogP contribution in [0, 0.1) is 6.92 Å². The summed E-state index contributed by atoms with van der Waals surface area (Å²) in [5.74, 6) is 0.420. The van der Waals surface area contributed by atoms with Crippen molar-refractivity contribution in [1.29, 1.82) is 0 Å². The Kier molecular flexibility index (Phi) is 5.24. The van der Waals surface area contributed by atoms with Crippen molar-refractivity contribution in [2.75, 3.05) is 18.1 Å². The van der Waals surface area contributed by atoms with Crippen molar-refractivity contribution < 1.29 is 9.53 Å². The topological polar surface area (TPSA) is 55.3 Å². The Morgan fingerprint density at radius 3 is 2.75 bits per heavy atom. The van der Waals surface area contributed by atoms with E-state index < -0.39 is 0 Å². The number of ether oxygens (including phenoxy) is 1. The Bertz CT molecular complexity index is 988. The molecule has 0 amide bonds. The maximum absolute atomic E-state index is 12.5. The van der Waals surface area contributed by atoms with Gasteiger partial charge in [0.1, 0.15) is 6.04 Å². The predicted molar refractivity (Wildman–Crippen MR) is 111 cm³/mol. The summed E-state index contributed by atoms with van der Waals surface area (Å²) in [6, 6.07) is 16.1. The van der Waals surface area contributed by atoms with Crippen LogP contribution in [0.15, 0.2) is 48.5 Å². The van der Waals surface area contributed by atoms with Crippen molar-refractivity contribution in [2.45, 2.75) is 39.2 Å². The Balaban J connectivity index is 1.85. The number of carbonyl (C=O) groups excluding carboxylic acids is 1. The van der Waals surface area contributed by atoms with Gasteiger partial charge < -0.3 is 9.64 Å². The largest absolute Gasteiger partial charge is 0.464 e. The van der Waals surface area contributed by atoms with Gasteiger partial charge in [0, 0.05) is 17.5 Å². The zero-order chi connectivity index (χ0) is 19.5. The van der Waals surface area contributed by atoms with Crippen LogP contribution in [-0.4, -0.2) is 35.1 Å². The molecule has 28 heavy (non-hydrogen) atoms. The van der Waals surface area contributed by atoms with Gasteiger partial charge in [0.15, 0.2) is 0 Å². The highest BCUT2D eigenvalue weighted by Gasteiger charge is 2.32. The highest BCUT2D eigenvalue weighted by Crippen LogP contribution is 2.31. The van der Waals surface area contributed by atoms with Crippen LogP contribution in [0.5, 0.6) is 0 Å². The summed E-state index contributed by atoms with van der Waals surface area (Å²) < 4.78 is 5.32. The van der Waals surface area contributed by atoms with E-state index in [1.54, 1.807) is 0 Å². The number of carbonyl (C=O) groups is 1. The molecule has 0 spiro atoms. The van der Waals surface area contributed by atoms with Crippen LogP contribution in [0.2, 0.25) is 0 Å². The standard InChI is InChI=1S/C23H25N3O2/c1-3-28-22(27)20-11-7-8-14-26(20)23-24-19-13-12-16(2)15-18(19)21(25-23)17-9-5-4-6-10-17/h4-6,9-10,12-13,15,20H,3,7-8,11,14H2,1-2H3. The van der Waals surface area contributed by atoms with Crippen molar-refractivity contribution in [3.05, 3.63) is 54.1 Å². The number of aromatic nitrogens is 2. The van der Waals surface area contributed by atoms with E-state index >= 15 is 0 Å². The summed E-state index contributed by atoms with van der Waals surface area (Å²) in [5.41, 5.74) is 4.01. The van der Waals surface area contributed by atoms with Crippen LogP contribution in [0.25, 0.3) is 22.2 Å². The number of benzene rings is 2. The van der Waals surface area contributed by atoms with Crippen LogP contribution < -0.4 is 4.90 Å². The number of piperidine rings is 1. The van der Waals surface area contributed by atoms with Gasteiger partial charge in [-0.25, -0.2) is 14.8 Å². The fourth-order valence-electron chi connectivity index (χ4n) is 3.83. The molecule has 0 bridgehead atoms. The molecule has 5 nitrogen and oxygen atoms in total. The van der Waals surface area contributed by atoms with Crippen molar-refractivity contribution in [3.8, 4) is 11.3 Å². The summed E-state index contributed by atoms with van der Waals surface area (Å²) in [4.78, 5) is 24.3. The van der Waals surface area contributed by atoms with Gasteiger partial charge in [-0.2, -0.15) is 0 Å². The molecule has 1 aliphatic rings. The first kappa shape index (κ1) is 18.4. The van der Waals surface area contributed by atoms with Gasteiger partial charge in [-0.15, -0.1) is 0 Å². The van der Waals surface area contributed by atoms with Crippen molar-refractivity contribution >= 4 is 22.8 Å². The lowest BCUT2D eigenvalue weighted by atomic mass is 10.0. The van der Waals surface area contributed by atoms with E-state index in [9.17, 15) is 4.79 Å². The average Bonchev–Trinajstić information content (AvgIpc) is 2.74. The number of anilines is 1. The molecule has 1 atom stereocenters. The lowest BCUT2D eigenvalue weighted by Crippen LogP contribution is -2.46. The Labute approximate surface area is 165 Å². The number of aryl methyl sites for hydroxylation is 1. The summed E-state index contributed by atoms with van der Waals surface area (Å²) in [6.45, 7) is 5.06. The molecule has 2 heterocycles. The number of fused-ring (bicyclic) bond motifs is 1. The van der Waals surface area contributed by atoms with Gasteiger partial charge >= 0.3 is 5.97 Å². The highest BCUT2D eigenvalue weighted by atomic mass is 16.5. The average molecular weight is 375 g/mol. The molecule has 1 unspecified atom stereocenters. The van der Waals surface area contributed by atoms with E-state index in [1.165, 1.54) is 5.56 Å². The molecule has 3 aromatic rings. The molecule has 2 aromatic carbocycles. The summed E-state index contributed by atoms with van der Waals surface area (Å²) in [7, 11) is 0. The molecular weight excluding hydrogens is 350 g/mol. The summed E-state index contributed by atoms with van der Waals surface area (Å²) in [6.07, 6.45) is 2.80. The Morgan fingerprint density at radius 2 is 1.96 bits per heavy atom. The van der Waals surface area contributed by atoms with Gasteiger partial charge in [-0.1, -0.05) is 42.0 Å². The first-order valence-electron chi connectivity index (χ1n) is 9.94. The van der Waals surface area contributed by atoms with Crippen molar-refractivity contribution in [1.82, 2.24) is 9.97 Å². The van der Waals surface area contributed by atoms with Gasteiger partial charge in [-0.05, 0) is 45.2 Å². The van der Waals surface area contributed by atoms with Gasteiger partial charge in [0.05, 0.1) is 17.8 Å². The van der Waals surface area contributed by atoms with E-state index in [0.29, 0.717) is 12.6 Å². The minimum absolute atomic E-state index is 0.184. The van der Waals surface area contributed by atoms with Crippen molar-refractivity contribution in [2.24, 2.45) is 0 Å². The number of esters is 1. The molecule has 1 fully saturated rings. The fraction of sp³-hybridized carbons (Fsp3) is 0.348. The molecule has 1 saturated heterocycles. The van der Waals surface area contributed by atoms with Crippen LogP contribution in [0.4, 0.5) is 5.95 Å². The van der Waals surface area contributed by atoms with E-state index in [1.807, 2.05) is 36.1 Å². The number of hydrogen-bond donors (Lipinski definition) is 0. The third-order valence-corrected chi connectivity index (χ3v) is 5.21. The normalized spacial score (nSPS) is 16.9. The second kappa shape index (κ2) is 7.97. The molecule has 0 aliphatic carbocycles. The van der Waals surface area contributed by atoms with E-state index in [2.05, 4.69) is 31.2 Å². The predicted octanol–water partition coefficient (Wildman–Crippen LogP) is 4.53. The van der Waals surface area contributed by atoms with Crippen LogP contribution >= 0.6 is 0 Å². The van der Waals surface area contributed by atoms with E-state index in [-0.39, 0.29) is 12.0 Å². The first-order valence-corrected chi connectivity index (χ1v) is 9.94. The molecule has 0 saturated carbocycles. The number of rotatable bonds is 4. The molecule has 0 radical (unpaired) electrons. The third-order valence-electron chi connectivity index (χ3n) is 5.21. The SMILES string of the molecule is CCOC(=O)C1CCCCN1c1nc(-c2ccccc2)c2cc(C)ccc2n1. The van der Waals surface area contributed by atoms with Crippen molar-refractivity contribution in [3.63, 3.8) is 0 Å². The maximum Gasteiger partial charge on any atom is 0.328 e. The van der Waals surface area contributed by atoms with Crippen LogP contribution in [0.3, 0.4) is 0 Å². The summed E-state index contributed by atoms with van der Waals surface area (Å²) >= 11 is 0.